The molecule has 0 aromatic heterocycles. The van der Waals surface area contributed by atoms with Crippen molar-refractivity contribution >= 4 is 0 Å². The number of unbranched alkanes of at least 4 members (excludes halogenated alkanes) is 3. The Hall–Kier alpha value is -0.500. The fraction of sp³-hybridized carbons (Fsp3) is 0.800. The molecule has 0 aliphatic carbocycles. The Kier molecular flexibility index (Phi) is 8.24. The summed E-state index contributed by atoms with van der Waals surface area (Å²) in [5.41, 5.74) is 0. The molecule has 0 fully saturated rings. The second kappa shape index (κ2) is 8.60. The first-order chi connectivity index (χ1) is 5.81. The first-order valence-corrected chi connectivity index (χ1v) is 4.73. The molecule has 72 valence electrons. The zero-order valence-corrected chi connectivity index (χ0v) is 8.18. The molecule has 0 aliphatic heterocycles. The summed E-state index contributed by atoms with van der Waals surface area (Å²) in [7, 11) is 0. The van der Waals surface area contributed by atoms with E-state index in [1.54, 1.807) is 13.0 Å². The van der Waals surface area contributed by atoms with Crippen molar-refractivity contribution in [3.63, 3.8) is 0 Å². The normalized spacial score (nSPS) is 12.0. The van der Waals surface area contributed by atoms with Crippen molar-refractivity contribution in [3.8, 4) is 0 Å². The van der Waals surface area contributed by atoms with Crippen LogP contribution in [0.4, 0.5) is 0 Å². The molecule has 0 saturated heterocycles. The topological polar surface area (TPSA) is 29.5 Å². The van der Waals surface area contributed by atoms with Crippen molar-refractivity contribution in [1.82, 2.24) is 0 Å². The zero-order valence-electron chi connectivity index (χ0n) is 8.18. The number of hydrogen-bond acceptors (Lipinski definition) is 2. The highest BCUT2D eigenvalue weighted by Crippen LogP contribution is 1.99. The molecule has 1 N–H and O–H groups in total. The number of aliphatic hydroxyl groups is 1. The van der Waals surface area contributed by atoms with E-state index in [1.165, 1.54) is 19.3 Å². The van der Waals surface area contributed by atoms with Crippen LogP contribution in [0.25, 0.3) is 0 Å². The van der Waals surface area contributed by atoms with Gasteiger partial charge in [-0.25, -0.2) is 0 Å². The smallest absolute Gasteiger partial charge is 0.114 e. The van der Waals surface area contributed by atoms with Gasteiger partial charge in [-0.2, -0.15) is 0 Å². The molecule has 0 aromatic rings. The average Bonchev–Trinajstić information content (AvgIpc) is 2.10. The van der Waals surface area contributed by atoms with Crippen LogP contribution in [0, 0.1) is 0 Å². The standard InChI is InChI=1S/C10H20O2/c1-3-5-6-7-8-12-9-10(11)4-2/h4,11H,3,5-9H2,1-2H3. The molecule has 0 radical (unpaired) electrons. The maximum Gasteiger partial charge on any atom is 0.114 e. The van der Waals surface area contributed by atoms with Gasteiger partial charge in [0.25, 0.3) is 0 Å². The van der Waals surface area contributed by atoms with Gasteiger partial charge in [0.2, 0.25) is 0 Å². The van der Waals surface area contributed by atoms with Crippen molar-refractivity contribution < 1.29 is 9.84 Å². The Balaban J connectivity index is 3.00. The minimum absolute atomic E-state index is 0.325. The summed E-state index contributed by atoms with van der Waals surface area (Å²) < 4.78 is 5.21. The van der Waals surface area contributed by atoms with Crippen LogP contribution in [0.3, 0.4) is 0 Å². The molecule has 0 aliphatic rings. The lowest BCUT2D eigenvalue weighted by Crippen LogP contribution is -1.99. The van der Waals surface area contributed by atoms with Crippen molar-refractivity contribution in [1.29, 1.82) is 0 Å². The Morgan fingerprint density at radius 1 is 1.33 bits per heavy atom. The van der Waals surface area contributed by atoms with Crippen LogP contribution in [-0.2, 0) is 4.74 Å². The van der Waals surface area contributed by atoms with Gasteiger partial charge >= 0.3 is 0 Å². The molecule has 2 heteroatoms. The summed E-state index contributed by atoms with van der Waals surface area (Å²) in [4.78, 5) is 0. The quantitative estimate of drug-likeness (QED) is 0.472. The number of allylic oxidation sites excluding steroid dienone is 1. The van der Waals surface area contributed by atoms with Crippen LogP contribution in [0.5, 0.6) is 0 Å². The minimum atomic E-state index is 0.325. The van der Waals surface area contributed by atoms with Crippen molar-refractivity contribution in [2.45, 2.75) is 39.5 Å². The van der Waals surface area contributed by atoms with E-state index in [-0.39, 0.29) is 0 Å². The highest BCUT2D eigenvalue weighted by Gasteiger charge is 1.91. The highest BCUT2D eigenvalue weighted by atomic mass is 16.5. The van der Waals surface area contributed by atoms with Gasteiger partial charge in [-0.05, 0) is 19.4 Å². The SMILES string of the molecule is CC=C(O)COCCCCCC. The van der Waals surface area contributed by atoms with Gasteiger partial charge in [0.15, 0.2) is 0 Å². The van der Waals surface area contributed by atoms with Gasteiger partial charge in [0.1, 0.15) is 12.4 Å². The van der Waals surface area contributed by atoms with Gasteiger partial charge in [-0.3, -0.25) is 0 Å². The molecule has 0 rings (SSSR count). The Bertz CT molecular complexity index is 119. The minimum Gasteiger partial charge on any atom is -0.510 e. The second-order valence-electron chi connectivity index (χ2n) is 2.89. The molecule has 0 heterocycles. The molecule has 2 nitrogen and oxygen atoms in total. The van der Waals surface area contributed by atoms with Crippen molar-refractivity contribution in [2.75, 3.05) is 13.2 Å². The molecule has 0 unspecified atom stereocenters. The van der Waals surface area contributed by atoms with Crippen LogP contribution in [0.2, 0.25) is 0 Å². The van der Waals surface area contributed by atoms with Gasteiger partial charge in [0.05, 0.1) is 0 Å². The molecule has 0 atom stereocenters. The number of aliphatic hydroxyl groups excluding tert-OH is 1. The molecular formula is C10H20O2. The summed E-state index contributed by atoms with van der Waals surface area (Å²) in [6.45, 7) is 5.11. The highest BCUT2D eigenvalue weighted by molar-refractivity contribution is 4.86. The molecule has 12 heavy (non-hydrogen) atoms. The summed E-state index contributed by atoms with van der Waals surface area (Å²) in [6, 6.07) is 0. The molecule has 0 aromatic carbocycles. The largest absolute Gasteiger partial charge is 0.510 e. The van der Waals surface area contributed by atoms with Gasteiger partial charge in [-0.1, -0.05) is 26.2 Å². The first kappa shape index (κ1) is 11.5. The molecule has 0 bridgehead atoms. The third-order valence-electron chi connectivity index (χ3n) is 1.73. The maximum absolute atomic E-state index is 9.00. The van der Waals surface area contributed by atoms with E-state index in [0.717, 1.165) is 13.0 Å². The van der Waals surface area contributed by atoms with Crippen LogP contribution in [0.1, 0.15) is 39.5 Å². The zero-order chi connectivity index (χ0) is 9.23. The Labute approximate surface area is 75.2 Å². The fourth-order valence-electron chi connectivity index (χ4n) is 0.891. The molecular weight excluding hydrogens is 152 g/mol. The monoisotopic (exact) mass is 172 g/mol. The predicted molar refractivity (Wildman–Crippen MR) is 51.3 cm³/mol. The number of ether oxygens (including phenoxy) is 1. The lowest BCUT2D eigenvalue weighted by atomic mass is 10.2. The van der Waals surface area contributed by atoms with E-state index in [0.29, 0.717) is 12.4 Å². The molecule has 0 amide bonds. The van der Waals surface area contributed by atoms with Gasteiger partial charge in [0, 0.05) is 6.61 Å². The van der Waals surface area contributed by atoms with E-state index in [4.69, 9.17) is 9.84 Å². The Morgan fingerprint density at radius 2 is 2.08 bits per heavy atom. The van der Waals surface area contributed by atoms with Crippen LogP contribution in [-0.4, -0.2) is 18.3 Å². The van der Waals surface area contributed by atoms with Crippen LogP contribution >= 0.6 is 0 Å². The van der Waals surface area contributed by atoms with Crippen LogP contribution < -0.4 is 0 Å². The summed E-state index contributed by atoms with van der Waals surface area (Å²) in [6.07, 6.45) is 6.52. The van der Waals surface area contributed by atoms with E-state index in [9.17, 15) is 0 Å². The average molecular weight is 172 g/mol. The summed E-state index contributed by atoms with van der Waals surface area (Å²) >= 11 is 0. The van der Waals surface area contributed by atoms with E-state index < -0.39 is 0 Å². The van der Waals surface area contributed by atoms with Crippen LogP contribution in [0.15, 0.2) is 11.8 Å². The lowest BCUT2D eigenvalue weighted by Gasteiger charge is -2.02. The summed E-state index contributed by atoms with van der Waals surface area (Å²) in [5, 5.41) is 9.00. The van der Waals surface area contributed by atoms with E-state index in [1.807, 2.05) is 0 Å². The maximum atomic E-state index is 9.00. The van der Waals surface area contributed by atoms with Gasteiger partial charge < -0.3 is 9.84 Å². The third-order valence-corrected chi connectivity index (χ3v) is 1.73. The van der Waals surface area contributed by atoms with Crippen molar-refractivity contribution in [2.24, 2.45) is 0 Å². The van der Waals surface area contributed by atoms with Crippen molar-refractivity contribution in [3.05, 3.63) is 11.8 Å². The summed E-state index contributed by atoms with van der Waals surface area (Å²) in [5.74, 6) is 0.325. The molecule has 0 spiro atoms. The number of hydrogen-bond donors (Lipinski definition) is 1. The van der Waals surface area contributed by atoms with Gasteiger partial charge in [-0.15, -0.1) is 0 Å². The number of rotatable bonds is 7. The molecule has 0 saturated carbocycles. The lowest BCUT2D eigenvalue weighted by molar-refractivity contribution is 0.124. The fourth-order valence-corrected chi connectivity index (χ4v) is 0.891. The third kappa shape index (κ3) is 7.61. The predicted octanol–water partition coefficient (Wildman–Crippen LogP) is 3.05. The van der Waals surface area contributed by atoms with E-state index >= 15 is 0 Å². The second-order valence-corrected chi connectivity index (χ2v) is 2.89. The first-order valence-electron chi connectivity index (χ1n) is 4.73. The van der Waals surface area contributed by atoms with E-state index in [2.05, 4.69) is 6.92 Å². The Morgan fingerprint density at radius 3 is 2.67 bits per heavy atom.